The average molecular weight is 264 g/mol. The van der Waals surface area contributed by atoms with Crippen LogP contribution in [-0.4, -0.2) is 7.11 Å². The van der Waals surface area contributed by atoms with E-state index >= 15 is 0 Å². The van der Waals surface area contributed by atoms with Crippen molar-refractivity contribution in [3.63, 3.8) is 0 Å². The number of methoxy groups -OCH3 is 1. The lowest BCUT2D eigenvalue weighted by Gasteiger charge is -2.27. The van der Waals surface area contributed by atoms with E-state index in [0.717, 1.165) is 12.2 Å². The van der Waals surface area contributed by atoms with Crippen molar-refractivity contribution >= 4 is 0 Å². The van der Waals surface area contributed by atoms with Gasteiger partial charge in [-0.05, 0) is 42.5 Å². The Labute approximate surface area is 117 Å². The molecule has 2 unspecified atom stereocenters. The molecule has 3 N–H and O–H groups in total. The van der Waals surface area contributed by atoms with Crippen LogP contribution in [0, 0.1) is 12.8 Å². The van der Waals surface area contributed by atoms with Gasteiger partial charge in [-0.15, -0.1) is 0 Å². The van der Waals surface area contributed by atoms with E-state index in [1.807, 2.05) is 6.07 Å². The molecule has 0 aliphatic heterocycles. The highest BCUT2D eigenvalue weighted by molar-refractivity contribution is 5.36. The van der Waals surface area contributed by atoms with Crippen molar-refractivity contribution in [1.82, 2.24) is 5.43 Å². The number of benzene rings is 1. The van der Waals surface area contributed by atoms with E-state index in [1.165, 1.54) is 30.4 Å². The van der Waals surface area contributed by atoms with Crippen LogP contribution in [0.4, 0.5) is 0 Å². The zero-order valence-electron chi connectivity index (χ0n) is 12.7. The highest BCUT2D eigenvalue weighted by atomic mass is 16.5. The number of aryl methyl sites for hydroxylation is 1. The van der Waals surface area contributed by atoms with Crippen LogP contribution >= 0.6 is 0 Å². The summed E-state index contributed by atoms with van der Waals surface area (Å²) in [6.07, 6.45) is 4.84. The van der Waals surface area contributed by atoms with Crippen molar-refractivity contribution in [3.05, 3.63) is 29.3 Å². The molecule has 0 aliphatic carbocycles. The van der Waals surface area contributed by atoms with Gasteiger partial charge in [0.05, 0.1) is 7.11 Å². The lowest BCUT2D eigenvalue weighted by atomic mass is 9.85. The molecule has 3 heteroatoms. The molecule has 2 atom stereocenters. The lowest BCUT2D eigenvalue weighted by Crippen LogP contribution is -2.34. The second-order valence-corrected chi connectivity index (χ2v) is 5.18. The number of hydrogen-bond donors (Lipinski definition) is 2. The third-order valence-electron chi connectivity index (χ3n) is 3.92. The van der Waals surface area contributed by atoms with E-state index < -0.39 is 0 Å². The molecule has 108 valence electrons. The number of hydrazine groups is 1. The van der Waals surface area contributed by atoms with Crippen molar-refractivity contribution in [2.45, 2.75) is 52.5 Å². The van der Waals surface area contributed by atoms with Gasteiger partial charge in [0.2, 0.25) is 0 Å². The predicted molar refractivity (Wildman–Crippen MR) is 81.1 cm³/mol. The average Bonchev–Trinajstić information content (AvgIpc) is 2.44. The first-order valence-electron chi connectivity index (χ1n) is 7.28. The standard InChI is InChI=1S/C16H28N2O/c1-5-7-8-13(6-2)16(18-17)15-10-9-14(19-4)11-12(15)3/h9-11,13,16,18H,5-8,17H2,1-4H3. The van der Waals surface area contributed by atoms with E-state index in [1.54, 1.807) is 7.11 Å². The molecule has 0 aromatic heterocycles. The molecule has 0 spiro atoms. The molecule has 1 rings (SSSR count). The van der Waals surface area contributed by atoms with Gasteiger partial charge in [0.1, 0.15) is 5.75 Å². The summed E-state index contributed by atoms with van der Waals surface area (Å²) in [5, 5.41) is 0. The molecule has 0 saturated heterocycles. The zero-order chi connectivity index (χ0) is 14.3. The highest BCUT2D eigenvalue weighted by Crippen LogP contribution is 2.31. The molecule has 3 nitrogen and oxygen atoms in total. The molecule has 0 saturated carbocycles. The Kier molecular flexibility index (Phi) is 6.89. The van der Waals surface area contributed by atoms with Crippen LogP contribution in [0.1, 0.15) is 56.7 Å². The Morgan fingerprint density at radius 3 is 2.53 bits per heavy atom. The van der Waals surface area contributed by atoms with Crippen molar-refractivity contribution in [2.75, 3.05) is 7.11 Å². The minimum Gasteiger partial charge on any atom is -0.497 e. The molecule has 0 amide bonds. The quantitative estimate of drug-likeness (QED) is 0.555. The smallest absolute Gasteiger partial charge is 0.119 e. The summed E-state index contributed by atoms with van der Waals surface area (Å²) < 4.78 is 5.26. The maximum absolute atomic E-state index is 5.81. The minimum absolute atomic E-state index is 0.224. The van der Waals surface area contributed by atoms with Crippen LogP contribution in [-0.2, 0) is 0 Å². The van der Waals surface area contributed by atoms with Crippen LogP contribution in [0.5, 0.6) is 5.75 Å². The van der Waals surface area contributed by atoms with Gasteiger partial charge in [0, 0.05) is 6.04 Å². The largest absolute Gasteiger partial charge is 0.497 e. The third kappa shape index (κ3) is 4.22. The summed E-state index contributed by atoms with van der Waals surface area (Å²) in [7, 11) is 1.70. The summed E-state index contributed by atoms with van der Waals surface area (Å²) in [5.41, 5.74) is 5.53. The van der Waals surface area contributed by atoms with Gasteiger partial charge in [-0.1, -0.05) is 39.2 Å². The van der Waals surface area contributed by atoms with E-state index in [0.29, 0.717) is 5.92 Å². The van der Waals surface area contributed by atoms with Crippen molar-refractivity contribution in [1.29, 1.82) is 0 Å². The SMILES string of the molecule is CCCCC(CC)C(NN)c1ccc(OC)cc1C. The zero-order valence-corrected chi connectivity index (χ0v) is 12.7. The fourth-order valence-corrected chi connectivity index (χ4v) is 2.68. The summed E-state index contributed by atoms with van der Waals surface area (Å²) >= 11 is 0. The molecule has 0 aliphatic rings. The third-order valence-corrected chi connectivity index (χ3v) is 3.92. The fourth-order valence-electron chi connectivity index (χ4n) is 2.68. The molecule has 0 bridgehead atoms. The molecule has 0 fully saturated rings. The highest BCUT2D eigenvalue weighted by Gasteiger charge is 2.21. The summed E-state index contributed by atoms with van der Waals surface area (Å²) in [6, 6.07) is 6.45. The Bertz CT molecular complexity index is 379. The fraction of sp³-hybridized carbons (Fsp3) is 0.625. The number of unbranched alkanes of at least 4 members (excludes halogenated alkanes) is 1. The lowest BCUT2D eigenvalue weighted by molar-refractivity contribution is 0.325. The second kappa shape index (κ2) is 8.18. The number of hydrogen-bond acceptors (Lipinski definition) is 3. The van der Waals surface area contributed by atoms with Gasteiger partial charge in [0.25, 0.3) is 0 Å². The van der Waals surface area contributed by atoms with Crippen molar-refractivity contribution in [3.8, 4) is 5.75 Å². The molecule has 0 radical (unpaired) electrons. The van der Waals surface area contributed by atoms with Gasteiger partial charge >= 0.3 is 0 Å². The molecular formula is C16H28N2O. The maximum atomic E-state index is 5.81. The minimum atomic E-state index is 0.224. The Morgan fingerprint density at radius 1 is 1.32 bits per heavy atom. The van der Waals surface area contributed by atoms with Gasteiger partial charge in [-0.25, -0.2) is 0 Å². The Balaban J connectivity index is 2.94. The first kappa shape index (κ1) is 16.0. The normalized spacial score (nSPS) is 14.2. The number of nitrogens with two attached hydrogens (primary N) is 1. The van der Waals surface area contributed by atoms with Gasteiger partial charge in [-0.3, -0.25) is 11.3 Å². The van der Waals surface area contributed by atoms with Crippen LogP contribution in [0.2, 0.25) is 0 Å². The summed E-state index contributed by atoms with van der Waals surface area (Å²) in [6.45, 7) is 6.59. The van der Waals surface area contributed by atoms with Gasteiger partial charge in [0.15, 0.2) is 0 Å². The van der Waals surface area contributed by atoms with E-state index in [2.05, 4.69) is 38.3 Å². The van der Waals surface area contributed by atoms with Gasteiger partial charge in [-0.2, -0.15) is 0 Å². The number of nitrogens with one attached hydrogen (secondary N) is 1. The Hall–Kier alpha value is -1.06. The molecule has 1 aromatic rings. The van der Waals surface area contributed by atoms with Crippen LogP contribution in [0.15, 0.2) is 18.2 Å². The summed E-state index contributed by atoms with van der Waals surface area (Å²) in [5.74, 6) is 7.29. The first-order valence-corrected chi connectivity index (χ1v) is 7.28. The molecule has 1 aromatic carbocycles. The van der Waals surface area contributed by atoms with E-state index in [9.17, 15) is 0 Å². The number of rotatable bonds is 8. The van der Waals surface area contributed by atoms with E-state index in [-0.39, 0.29) is 6.04 Å². The van der Waals surface area contributed by atoms with Crippen LogP contribution in [0.3, 0.4) is 0 Å². The molecule has 0 heterocycles. The number of ether oxygens (including phenoxy) is 1. The van der Waals surface area contributed by atoms with E-state index in [4.69, 9.17) is 10.6 Å². The predicted octanol–water partition coefficient (Wildman–Crippen LogP) is 3.72. The maximum Gasteiger partial charge on any atom is 0.119 e. The van der Waals surface area contributed by atoms with Crippen LogP contribution in [0.25, 0.3) is 0 Å². The summed E-state index contributed by atoms with van der Waals surface area (Å²) in [4.78, 5) is 0. The monoisotopic (exact) mass is 264 g/mol. The van der Waals surface area contributed by atoms with Gasteiger partial charge < -0.3 is 4.74 Å². The van der Waals surface area contributed by atoms with Crippen molar-refractivity contribution in [2.24, 2.45) is 11.8 Å². The second-order valence-electron chi connectivity index (χ2n) is 5.18. The van der Waals surface area contributed by atoms with Crippen LogP contribution < -0.4 is 16.0 Å². The molecular weight excluding hydrogens is 236 g/mol. The molecule has 19 heavy (non-hydrogen) atoms. The topological polar surface area (TPSA) is 47.3 Å². The first-order chi connectivity index (χ1) is 9.17. The van der Waals surface area contributed by atoms with Crippen molar-refractivity contribution < 1.29 is 4.74 Å². The Morgan fingerprint density at radius 2 is 2.05 bits per heavy atom.